The van der Waals surface area contributed by atoms with Crippen LogP contribution in [0.1, 0.15) is 43.2 Å². The van der Waals surface area contributed by atoms with E-state index in [2.05, 4.69) is 33.6 Å². The first-order valence-electron chi connectivity index (χ1n) is 17.1. The molecule has 378 valence electrons. The van der Waals surface area contributed by atoms with Crippen molar-refractivity contribution >= 4 is 76.9 Å². The Bertz CT molecular complexity index is 2740. The zero-order valence-electron chi connectivity index (χ0n) is 33.4. The van der Waals surface area contributed by atoms with Gasteiger partial charge in [-0.25, -0.2) is 68.2 Å². The molecule has 0 amide bonds. The fraction of sp³-hybridized carbons (Fsp3) is 0.333. The minimum absolute atomic E-state index is 0.0908. The van der Waals surface area contributed by atoms with Crippen LogP contribution in [0.15, 0.2) is 61.2 Å². The molecule has 35 heteroatoms. The molecule has 2 aromatic carbocycles. The van der Waals surface area contributed by atoms with E-state index in [1.807, 2.05) is 4.72 Å². The molecule has 0 saturated heterocycles. The van der Waals surface area contributed by atoms with Gasteiger partial charge in [-0.3, -0.25) is 8.91 Å². The first-order chi connectivity index (χ1) is 31.1. The molecule has 0 radical (unpaired) electrons. The third-order valence-corrected chi connectivity index (χ3v) is 11.9. The summed E-state index contributed by atoms with van der Waals surface area (Å²) in [5.74, 6) is -5.29. The van der Waals surface area contributed by atoms with Gasteiger partial charge in [-0.2, -0.15) is 47.9 Å². The highest BCUT2D eigenvalue weighted by Gasteiger charge is 2.47. The molecule has 0 bridgehead atoms. The average molecular weight is 1100 g/mol. The standard InChI is InChI=1S/C16H13ClF5N3O4S.C14H11ClF3N3O4S.C3H3F5O3S/c1-29-15(26)13-14(24-5-4-23-13)25(7-12(18)19)30(27,28)8-9-6-10(16(20,21)22)2-3-11(9)17;1-25-13(22)11-12(20-5-4-19-11)21-26(23,24)7-8-6-9(14(16,17)18)2-3-10(8)15;4-2(5)1-11-12(9,10)3(6,7)8/h2-6,12H,7-8H2,1H3;2-6H,7H2,1H3,(H,20,21);2H,1H2. The number of rotatable bonds is 15. The summed E-state index contributed by atoms with van der Waals surface area (Å²) in [6.07, 6.45) is -11.7. The average Bonchev–Trinajstić information content (AvgIpc) is 3.22. The third-order valence-electron chi connectivity index (χ3n) is 7.32. The molecular formula is C33H27Cl2F13N6O11S3. The number of anilines is 2. The van der Waals surface area contributed by atoms with Crippen LogP contribution < -0.4 is 9.03 Å². The maximum Gasteiger partial charge on any atom is 0.523 e. The summed E-state index contributed by atoms with van der Waals surface area (Å²) in [5, 5.41) is -0.480. The van der Waals surface area contributed by atoms with Crippen LogP contribution >= 0.6 is 23.2 Å². The summed E-state index contributed by atoms with van der Waals surface area (Å²) >= 11 is 11.6. The van der Waals surface area contributed by atoms with Crippen LogP contribution in [0.4, 0.5) is 68.7 Å². The summed E-state index contributed by atoms with van der Waals surface area (Å²) in [4.78, 5) is 38.0. The van der Waals surface area contributed by atoms with E-state index in [0.29, 0.717) is 18.2 Å². The van der Waals surface area contributed by atoms with Crippen molar-refractivity contribution in [3.05, 3.63) is 105 Å². The Morgan fingerprint density at radius 3 is 1.54 bits per heavy atom. The Morgan fingerprint density at radius 2 is 1.10 bits per heavy atom. The molecule has 4 rings (SSSR count). The highest BCUT2D eigenvalue weighted by Crippen LogP contribution is 2.35. The zero-order valence-corrected chi connectivity index (χ0v) is 37.3. The molecular weight excluding hydrogens is 1070 g/mol. The number of aromatic nitrogens is 4. The maximum atomic E-state index is 13.1. The summed E-state index contributed by atoms with van der Waals surface area (Å²) < 4.78 is 244. The van der Waals surface area contributed by atoms with Gasteiger partial charge in [0.05, 0.1) is 43.4 Å². The topological polar surface area (TPSA) is 231 Å². The van der Waals surface area contributed by atoms with Crippen LogP contribution in [0.25, 0.3) is 0 Å². The van der Waals surface area contributed by atoms with Crippen molar-refractivity contribution in [1.29, 1.82) is 0 Å². The number of esters is 2. The Morgan fingerprint density at radius 1 is 0.662 bits per heavy atom. The molecule has 0 aliphatic heterocycles. The summed E-state index contributed by atoms with van der Waals surface area (Å²) in [5.41, 5.74) is -9.67. The quantitative estimate of drug-likeness (QED) is 0.0525. The van der Waals surface area contributed by atoms with Crippen molar-refractivity contribution in [3.8, 4) is 0 Å². The van der Waals surface area contributed by atoms with Gasteiger partial charge in [0.15, 0.2) is 23.0 Å². The second-order valence-electron chi connectivity index (χ2n) is 12.2. The Kier molecular flexibility index (Phi) is 20.5. The number of alkyl halides is 13. The van der Waals surface area contributed by atoms with Crippen LogP contribution in [0.3, 0.4) is 0 Å². The Balaban J connectivity index is 0.000000381. The molecule has 0 spiro atoms. The van der Waals surface area contributed by atoms with E-state index in [9.17, 15) is 91.9 Å². The van der Waals surface area contributed by atoms with Crippen LogP contribution in [-0.4, -0.2) is 103 Å². The van der Waals surface area contributed by atoms with Crippen molar-refractivity contribution in [1.82, 2.24) is 19.9 Å². The number of carbonyl (C=O) groups is 2. The highest BCUT2D eigenvalue weighted by atomic mass is 35.5. The number of hydrogen-bond donors (Lipinski definition) is 1. The lowest BCUT2D eigenvalue weighted by molar-refractivity contribution is -0.138. The largest absolute Gasteiger partial charge is 0.523 e. The molecule has 17 nitrogen and oxygen atoms in total. The number of halogens is 15. The smallest absolute Gasteiger partial charge is 0.464 e. The number of ether oxygens (including phenoxy) is 2. The molecule has 0 aliphatic rings. The second-order valence-corrected chi connectivity index (χ2v) is 18.2. The molecule has 2 heterocycles. The monoisotopic (exact) mass is 1100 g/mol. The van der Waals surface area contributed by atoms with E-state index in [1.54, 1.807) is 0 Å². The number of benzene rings is 2. The van der Waals surface area contributed by atoms with E-state index in [4.69, 9.17) is 23.2 Å². The van der Waals surface area contributed by atoms with Crippen molar-refractivity contribution in [2.24, 2.45) is 0 Å². The molecule has 0 fully saturated rings. The SMILES string of the molecule is COC(=O)c1nccnc1N(CC(F)F)S(=O)(=O)Cc1cc(C(F)(F)F)ccc1Cl.COC(=O)c1nccnc1NS(=O)(=O)Cc1cc(C(F)(F)F)ccc1Cl.O=S(=O)(OCC(F)F)C(F)(F)F. The number of methoxy groups -OCH3 is 2. The zero-order chi connectivity index (χ0) is 52.2. The molecule has 0 saturated carbocycles. The minimum Gasteiger partial charge on any atom is -0.464 e. The van der Waals surface area contributed by atoms with E-state index in [-0.39, 0.29) is 19.9 Å². The van der Waals surface area contributed by atoms with E-state index < -0.39 is 137 Å². The predicted octanol–water partition coefficient (Wildman–Crippen LogP) is 7.53. The first kappa shape index (κ1) is 58.7. The van der Waals surface area contributed by atoms with Gasteiger partial charge in [0, 0.05) is 34.8 Å². The van der Waals surface area contributed by atoms with E-state index in [1.165, 1.54) is 0 Å². The van der Waals surface area contributed by atoms with Gasteiger partial charge in [0.2, 0.25) is 20.0 Å². The summed E-state index contributed by atoms with van der Waals surface area (Å²) in [6, 6.07) is 4.32. The molecule has 4 aromatic rings. The van der Waals surface area contributed by atoms with Gasteiger partial charge >= 0.3 is 39.9 Å². The third kappa shape index (κ3) is 17.6. The van der Waals surface area contributed by atoms with Crippen molar-refractivity contribution in [2.75, 3.05) is 36.4 Å². The van der Waals surface area contributed by atoms with Crippen LogP contribution in [0.2, 0.25) is 10.0 Å². The van der Waals surface area contributed by atoms with E-state index >= 15 is 0 Å². The summed E-state index contributed by atoms with van der Waals surface area (Å²) in [7, 11) is -12.9. The van der Waals surface area contributed by atoms with Crippen molar-refractivity contribution in [3.63, 3.8) is 0 Å². The predicted molar refractivity (Wildman–Crippen MR) is 209 cm³/mol. The van der Waals surface area contributed by atoms with Crippen LogP contribution in [0, 0.1) is 0 Å². The van der Waals surface area contributed by atoms with Crippen molar-refractivity contribution in [2.45, 2.75) is 42.2 Å². The Hall–Kier alpha value is -5.38. The second kappa shape index (κ2) is 23.8. The van der Waals surface area contributed by atoms with E-state index in [0.717, 1.165) is 57.2 Å². The lowest BCUT2D eigenvalue weighted by Gasteiger charge is -2.24. The molecule has 0 aliphatic carbocycles. The number of nitrogens with zero attached hydrogens (tertiary/aromatic N) is 5. The van der Waals surface area contributed by atoms with Gasteiger partial charge in [-0.05, 0) is 47.5 Å². The van der Waals surface area contributed by atoms with Crippen LogP contribution in [0.5, 0.6) is 0 Å². The Labute approximate surface area is 384 Å². The lowest BCUT2D eigenvalue weighted by atomic mass is 10.1. The summed E-state index contributed by atoms with van der Waals surface area (Å²) in [6.45, 7) is -3.22. The maximum absolute atomic E-state index is 13.1. The fourth-order valence-corrected chi connectivity index (χ4v) is 8.10. The highest BCUT2D eigenvalue weighted by molar-refractivity contribution is 7.92. The van der Waals surface area contributed by atoms with Gasteiger partial charge in [-0.1, -0.05) is 23.2 Å². The van der Waals surface area contributed by atoms with Gasteiger partial charge in [0.25, 0.3) is 12.9 Å². The number of carbonyl (C=O) groups excluding carboxylic acids is 2. The van der Waals surface area contributed by atoms with Gasteiger partial charge < -0.3 is 9.47 Å². The van der Waals surface area contributed by atoms with Gasteiger partial charge in [-0.15, -0.1) is 0 Å². The normalized spacial score (nSPS) is 12.3. The molecule has 0 atom stereocenters. The minimum atomic E-state index is -5.87. The van der Waals surface area contributed by atoms with Crippen LogP contribution in [-0.2, 0) is 67.7 Å². The molecule has 2 aromatic heterocycles. The first-order valence-corrected chi connectivity index (χ1v) is 22.5. The number of nitrogens with one attached hydrogen (secondary N) is 1. The molecule has 0 unspecified atom stereocenters. The number of sulfonamides is 2. The molecule has 1 N–H and O–H groups in total. The lowest BCUT2D eigenvalue weighted by Crippen LogP contribution is -2.38. The van der Waals surface area contributed by atoms with Gasteiger partial charge in [0.1, 0.15) is 6.61 Å². The van der Waals surface area contributed by atoms with Crippen molar-refractivity contribution < 1.29 is 106 Å². The molecule has 68 heavy (non-hydrogen) atoms. The number of hydrogen-bond acceptors (Lipinski definition) is 15. The fourth-order valence-electron chi connectivity index (χ4n) is 4.46.